The Morgan fingerprint density at radius 1 is 1.03 bits per heavy atom. The Kier molecular flexibility index (Phi) is 6.22. The largest absolute Gasteiger partial charge is 0.439 e. The van der Waals surface area contributed by atoms with Crippen LogP contribution in [-0.2, 0) is 24.2 Å². The molecule has 4 aromatic rings. The van der Waals surface area contributed by atoms with E-state index in [1.54, 1.807) is 16.8 Å². The molecule has 1 aliphatic heterocycles. The average Bonchev–Trinajstić information content (AvgIpc) is 3.10. The van der Waals surface area contributed by atoms with Gasteiger partial charge in [0.15, 0.2) is 0 Å². The molecule has 1 aromatic heterocycles. The molecule has 0 saturated heterocycles. The number of ether oxygens (including phenoxy) is 1. The van der Waals surface area contributed by atoms with Crippen molar-refractivity contribution in [2.75, 3.05) is 5.32 Å². The fourth-order valence-corrected chi connectivity index (χ4v) is 5.08. The second kappa shape index (κ2) is 9.36. The van der Waals surface area contributed by atoms with Gasteiger partial charge in [0, 0.05) is 22.7 Å². The number of aromatic nitrogens is 2. The summed E-state index contributed by atoms with van der Waals surface area (Å²) in [5.74, 6) is 0.763. The van der Waals surface area contributed by atoms with Crippen molar-refractivity contribution in [1.29, 1.82) is 0 Å². The number of carbonyl (C=O) groups excluding carboxylic acids is 1. The highest BCUT2D eigenvalue weighted by molar-refractivity contribution is 6.30. The summed E-state index contributed by atoms with van der Waals surface area (Å²) in [5, 5.41) is 3.63. The summed E-state index contributed by atoms with van der Waals surface area (Å²) in [6.07, 6.45) is 1.27. The topological polar surface area (TPSA) is 65.3 Å². The summed E-state index contributed by atoms with van der Waals surface area (Å²) in [7, 11) is 0. The van der Waals surface area contributed by atoms with Gasteiger partial charge in [-0.2, -0.15) is 0 Å². The number of rotatable bonds is 5. The lowest BCUT2D eigenvalue weighted by molar-refractivity contribution is -0.117. The maximum absolute atomic E-state index is 13.7. The minimum atomic E-state index is -0.243. The molecule has 1 N–H and O–H groups in total. The molecule has 6 nitrogen and oxygen atoms in total. The minimum Gasteiger partial charge on any atom is -0.439 e. The van der Waals surface area contributed by atoms with E-state index in [0.717, 1.165) is 39.9 Å². The standard InChI is InChI=1S/C29H28ClN3O3/c1-5-20-6-9-23(10-7-20)33-28(35)24-15-21-14-22(30)8-11-25(21)36-29(24)32(33)16-26(34)31-27-18(3)12-17(2)13-19(27)4/h6-14H,5,15-16H2,1-4H3,(H,31,34). The van der Waals surface area contributed by atoms with Crippen LogP contribution >= 0.6 is 11.6 Å². The Bertz CT molecular complexity index is 1520. The predicted octanol–water partition coefficient (Wildman–Crippen LogP) is 6.12. The fraction of sp³-hybridized carbons (Fsp3) is 0.241. The van der Waals surface area contributed by atoms with Gasteiger partial charge in [0.2, 0.25) is 11.8 Å². The molecule has 2 heterocycles. The molecule has 0 saturated carbocycles. The molecule has 3 aromatic carbocycles. The van der Waals surface area contributed by atoms with Crippen LogP contribution in [0.3, 0.4) is 0 Å². The number of carbonyl (C=O) groups is 1. The number of nitrogens with zero attached hydrogens (tertiary/aromatic N) is 2. The summed E-state index contributed by atoms with van der Waals surface area (Å²) in [6, 6.07) is 17.2. The van der Waals surface area contributed by atoms with Gasteiger partial charge in [0.25, 0.3) is 5.56 Å². The van der Waals surface area contributed by atoms with E-state index in [1.165, 1.54) is 4.68 Å². The molecule has 36 heavy (non-hydrogen) atoms. The van der Waals surface area contributed by atoms with Crippen molar-refractivity contribution in [3.8, 4) is 17.3 Å². The van der Waals surface area contributed by atoms with E-state index in [9.17, 15) is 9.59 Å². The van der Waals surface area contributed by atoms with E-state index < -0.39 is 0 Å². The lowest BCUT2D eigenvalue weighted by Gasteiger charge is -2.20. The van der Waals surface area contributed by atoms with Crippen LogP contribution in [0.5, 0.6) is 11.6 Å². The Morgan fingerprint density at radius 2 is 1.72 bits per heavy atom. The number of fused-ring (bicyclic) bond motifs is 2. The zero-order chi connectivity index (χ0) is 25.6. The molecule has 5 rings (SSSR count). The summed E-state index contributed by atoms with van der Waals surface area (Å²) in [6.45, 7) is 7.98. The fourth-order valence-electron chi connectivity index (χ4n) is 4.89. The first-order valence-electron chi connectivity index (χ1n) is 12.0. The first-order chi connectivity index (χ1) is 17.2. The summed E-state index contributed by atoms with van der Waals surface area (Å²) in [4.78, 5) is 27.0. The van der Waals surface area contributed by atoms with Crippen molar-refractivity contribution in [2.45, 2.75) is 47.1 Å². The number of benzene rings is 3. The number of amides is 1. The maximum atomic E-state index is 13.7. The van der Waals surface area contributed by atoms with Crippen molar-refractivity contribution >= 4 is 23.2 Å². The molecular weight excluding hydrogens is 474 g/mol. The molecule has 0 aliphatic carbocycles. The zero-order valence-corrected chi connectivity index (χ0v) is 21.6. The van der Waals surface area contributed by atoms with Gasteiger partial charge in [0.1, 0.15) is 12.3 Å². The molecule has 1 aliphatic rings. The Hall–Kier alpha value is -3.77. The minimum absolute atomic E-state index is 0.0875. The van der Waals surface area contributed by atoms with Gasteiger partial charge >= 0.3 is 0 Å². The van der Waals surface area contributed by atoms with E-state index in [4.69, 9.17) is 16.3 Å². The van der Waals surface area contributed by atoms with Crippen molar-refractivity contribution in [3.63, 3.8) is 0 Å². The predicted molar refractivity (Wildman–Crippen MR) is 143 cm³/mol. The van der Waals surface area contributed by atoms with Crippen LogP contribution in [0.4, 0.5) is 5.69 Å². The zero-order valence-electron chi connectivity index (χ0n) is 20.8. The molecule has 7 heteroatoms. The Balaban J connectivity index is 1.58. The molecule has 0 spiro atoms. The molecule has 0 fully saturated rings. The third-order valence-electron chi connectivity index (χ3n) is 6.60. The SMILES string of the molecule is CCc1ccc(-n2c(=O)c3c(n2CC(=O)Nc2c(C)cc(C)cc2C)Oc2ccc(Cl)cc2C3)cc1. The monoisotopic (exact) mass is 501 g/mol. The van der Waals surface area contributed by atoms with E-state index in [-0.39, 0.29) is 18.0 Å². The van der Waals surface area contributed by atoms with E-state index in [0.29, 0.717) is 34.3 Å². The smallest absolute Gasteiger partial charge is 0.278 e. The molecule has 0 bridgehead atoms. The highest BCUT2D eigenvalue weighted by Gasteiger charge is 2.29. The number of hydrogen-bond donors (Lipinski definition) is 1. The molecule has 0 radical (unpaired) electrons. The van der Waals surface area contributed by atoms with Crippen LogP contribution in [-0.4, -0.2) is 15.3 Å². The summed E-state index contributed by atoms with van der Waals surface area (Å²) >= 11 is 6.19. The maximum Gasteiger partial charge on any atom is 0.278 e. The van der Waals surface area contributed by atoms with Crippen LogP contribution in [0.2, 0.25) is 5.02 Å². The first-order valence-corrected chi connectivity index (χ1v) is 12.4. The van der Waals surface area contributed by atoms with Gasteiger partial charge in [0.05, 0.1) is 11.3 Å². The molecule has 184 valence electrons. The van der Waals surface area contributed by atoms with E-state index in [1.807, 2.05) is 63.2 Å². The number of hydrogen-bond acceptors (Lipinski definition) is 3. The number of nitrogens with one attached hydrogen (secondary N) is 1. The normalized spacial score (nSPS) is 12.0. The van der Waals surface area contributed by atoms with Crippen LogP contribution < -0.4 is 15.6 Å². The first kappa shape index (κ1) is 23.9. The third kappa shape index (κ3) is 4.33. The number of anilines is 1. The summed E-state index contributed by atoms with van der Waals surface area (Å²) < 4.78 is 9.37. The summed E-state index contributed by atoms with van der Waals surface area (Å²) in [5.41, 5.74) is 6.87. The third-order valence-corrected chi connectivity index (χ3v) is 6.84. The lowest BCUT2D eigenvalue weighted by atomic mass is 10.0. The highest BCUT2D eigenvalue weighted by atomic mass is 35.5. The van der Waals surface area contributed by atoms with Crippen LogP contribution in [0, 0.1) is 20.8 Å². The van der Waals surface area contributed by atoms with Crippen molar-refractivity contribution in [1.82, 2.24) is 9.36 Å². The van der Waals surface area contributed by atoms with Gasteiger partial charge in [-0.25, -0.2) is 9.36 Å². The van der Waals surface area contributed by atoms with Gasteiger partial charge < -0.3 is 10.1 Å². The Morgan fingerprint density at radius 3 is 2.39 bits per heavy atom. The quantitative estimate of drug-likeness (QED) is 0.316. The molecule has 1 amide bonds. The van der Waals surface area contributed by atoms with Crippen molar-refractivity contribution in [3.05, 3.63) is 103 Å². The van der Waals surface area contributed by atoms with Gasteiger partial charge in [-0.05, 0) is 74.2 Å². The molecular formula is C29H28ClN3O3. The van der Waals surface area contributed by atoms with E-state index >= 15 is 0 Å². The van der Waals surface area contributed by atoms with Gasteiger partial charge in [-0.3, -0.25) is 9.59 Å². The lowest BCUT2D eigenvalue weighted by Crippen LogP contribution is -2.27. The second-order valence-electron chi connectivity index (χ2n) is 9.33. The van der Waals surface area contributed by atoms with Crippen LogP contribution in [0.15, 0.2) is 59.4 Å². The number of halogens is 1. The van der Waals surface area contributed by atoms with Crippen LogP contribution in [0.1, 0.15) is 40.3 Å². The van der Waals surface area contributed by atoms with E-state index in [2.05, 4.69) is 12.2 Å². The molecule has 0 atom stereocenters. The van der Waals surface area contributed by atoms with Crippen molar-refractivity contribution in [2.24, 2.45) is 0 Å². The van der Waals surface area contributed by atoms with Gasteiger partial charge in [-0.1, -0.05) is 48.4 Å². The van der Waals surface area contributed by atoms with Gasteiger partial charge in [-0.15, -0.1) is 0 Å². The second-order valence-corrected chi connectivity index (χ2v) is 9.77. The number of aryl methyl sites for hydroxylation is 4. The average molecular weight is 502 g/mol. The van der Waals surface area contributed by atoms with Crippen LogP contribution in [0.25, 0.3) is 5.69 Å². The highest BCUT2D eigenvalue weighted by Crippen LogP contribution is 2.37. The van der Waals surface area contributed by atoms with Crippen molar-refractivity contribution < 1.29 is 9.53 Å². The molecule has 0 unspecified atom stereocenters. The Labute approximate surface area is 215 Å².